The van der Waals surface area contributed by atoms with Gasteiger partial charge in [-0.1, -0.05) is 21.9 Å². The van der Waals surface area contributed by atoms with Crippen molar-refractivity contribution in [1.29, 1.82) is 0 Å². The van der Waals surface area contributed by atoms with Gasteiger partial charge in [-0.2, -0.15) is 0 Å². The largest absolute Gasteiger partial charge is 0.499 e. The molecule has 0 N–H and O–H groups in total. The minimum Gasteiger partial charge on any atom is -0.499 e. The summed E-state index contributed by atoms with van der Waals surface area (Å²) < 4.78 is 5.18. The Labute approximate surface area is 93.2 Å². The summed E-state index contributed by atoms with van der Waals surface area (Å²) in [6.45, 7) is 4.31. The fraction of sp³-hybridized carbons (Fsp3) is 0.364. The molecule has 0 aliphatic heterocycles. The maximum atomic E-state index is 11.2. The van der Waals surface area contributed by atoms with Crippen LogP contribution >= 0.6 is 15.9 Å². The molecule has 14 heavy (non-hydrogen) atoms. The van der Waals surface area contributed by atoms with Gasteiger partial charge in [0.1, 0.15) is 0 Å². The first-order valence-corrected chi connectivity index (χ1v) is 5.35. The fourth-order valence-electron chi connectivity index (χ4n) is 0.770. The predicted octanol–water partition coefficient (Wildman–Crippen LogP) is 2.45. The third kappa shape index (κ3) is 4.88. The summed E-state index contributed by atoms with van der Waals surface area (Å²) in [4.78, 5) is 11.2. The number of Topliss-reactive ketones (excluding diaryl/α,β-unsaturated/α-hetero) is 1. The highest BCUT2D eigenvalue weighted by Crippen LogP contribution is 2.02. The molecule has 0 radical (unpaired) electrons. The Hall–Kier alpha value is -1.01. The fourth-order valence-corrected chi connectivity index (χ4v) is 1.07. The molecule has 0 aromatic rings. The van der Waals surface area contributed by atoms with Gasteiger partial charge in [0.15, 0.2) is 5.78 Å². The number of ether oxygens (including phenoxy) is 1. The molecule has 0 aromatic carbocycles. The third-order valence-corrected chi connectivity index (χ3v) is 1.94. The van der Waals surface area contributed by atoms with Crippen LogP contribution in [0.3, 0.4) is 0 Å². The van der Waals surface area contributed by atoms with Gasteiger partial charge >= 0.3 is 0 Å². The lowest BCUT2D eigenvalue weighted by atomic mass is 10.2. The van der Waals surface area contributed by atoms with Crippen LogP contribution in [-0.4, -0.2) is 17.7 Å². The molecule has 0 amide bonds. The summed E-state index contributed by atoms with van der Waals surface area (Å²) in [7, 11) is 0. The molecule has 0 aliphatic rings. The van der Waals surface area contributed by atoms with Crippen LogP contribution in [0.5, 0.6) is 0 Å². The molecular formula is C11H13BrO2. The molecule has 0 rings (SSSR count). The molecule has 0 bridgehead atoms. The molecule has 0 saturated carbocycles. The number of alkyl halides is 1. The number of halogens is 1. The van der Waals surface area contributed by atoms with Crippen LogP contribution in [0.1, 0.15) is 13.8 Å². The second-order valence-corrected chi connectivity index (χ2v) is 3.05. The molecule has 0 saturated heterocycles. The van der Waals surface area contributed by atoms with E-state index in [0.717, 1.165) is 5.76 Å². The van der Waals surface area contributed by atoms with Gasteiger partial charge in [-0.15, -0.1) is 6.42 Å². The van der Waals surface area contributed by atoms with E-state index >= 15 is 0 Å². The Balaban J connectivity index is 4.55. The maximum absolute atomic E-state index is 11.2. The average molecular weight is 257 g/mol. The van der Waals surface area contributed by atoms with E-state index in [9.17, 15) is 4.79 Å². The van der Waals surface area contributed by atoms with E-state index < -0.39 is 0 Å². The van der Waals surface area contributed by atoms with E-state index in [0.29, 0.717) is 12.2 Å². The van der Waals surface area contributed by atoms with Crippen LogP contribution in [0.2, 0.25) is 0 Å². The maximum Gasteiger partial charge on any atom is 0.181 e. The number of hydrogen-bond acceptors (Lipinski definition) is 2. The van der Waals surface area contributed by atoms with E-state index in [4.69, 9.17) is 11.2 Å². The highest BCUT2D eigenvalue weighted by Gasteiger charge is 2.02. The lowest BCUT2D eigenvalue weighted by molar-refractivity contribution is -0.112. The zero-order chi connectivity index (χ0) is 11.0. The lowest BCUT2D eigenvalue weighted by Crippen LogP contribution is -2.01. The van der Waals surface area contributed by atoms with E-state index in [1.54, 1.807) is 12.2 Å². The van der Waals surface area contributed by atoms with Gasteiger partial charge in [0.25, 0.3) is 0 Å². The highest BCUT2D eigenvalue weighted by atomic mass is 79.9. The molecule has 0 unspecified atom stereocenters. The van der Waals surface area contributed by atoms with E-state index in [1.807, 2.05) is 13.8 Å². The number of ketones is 1. The van der Waals surface area contributed by atoms with Crippen molar-refractivity contribution in [1.82, 2.24) is 0 Å². The molecular weight excluding hydrogens is 244 g/mol. The summed E-state index contributed by atoms with van der Waals surface area (Å²) in [5, 5.41) is 0.241. The van der Waals surface area contributed by atoms with Crippen molar-refractivity contribution in [2.75, 3.05) is 11.9 Å². The summed E-state index contributed by atoms with van der Waals surface area (Å²) in [6, 6.07) is 0. The number of carbonyl (C=O) groups excluding carboxylic acids is 1. The number of allylic oxidation sites excluding steroid dienone is 4. The van der Waals surface area contributed by atoms with Crippen LogP contribution in [-0.2, 0) is 9.53 Å². The summed E-state index contributed by atoms with van der Waals surface area (Å²) >= 11 is 3.06. The molecule has 0 spiro atoms. The van der Waals surface area contributed by atoms with Crippen LogP contribution in [0.4, 0.5) is 0 Å². The van der Waals surface area contributed by atoms with Gasteiger partial charge in [0, 0.05) is 0 Å². The normalized spacial score (nSPS) is 12.1. The minimum atomic E-state index is -0.104. The van der Waals surface area contributed by atoms with E-state index in [-0.39, 0.29) is 11.1 Å². The zero-order valence-electron chi connectivity index (χ0n) is 8.34. The van der Waals surface area contributed by atoms with Crippen molar-refractivity contribution >= 4 is 21.7 Å². The van der Waals surface area contributed by atoms with Gasteiger partial charge < -0.3 is 4.74 Å². The Morgan fingerprint density at radius 3 is 2.64 bits per heavy atom. The summed E-state index contributed by atoms with van der Waals surface area (Å²) in [5.41, 5.74) is 0.348. The molecule has 0 aromatic heterocycles. The van der Waals surface area contributed by atoms with Gasteiger partial charge in [-0.3, -0.25) is 4.79 Å². The number of rotatable bonds is 5. The Morgan fingerprint density at radius 1 is 1.57 bits per heavy atom. The van der Waals surface area contributed by atoms with Crippen LogP contribution < -0.4 is 0 Å². The number of carbonyl (C=O) groups is 1. The van der Waals surface area contributed by atoms with E-state index in [1.165, 1.54) is 0 Å². The highest BCUT2D eigenvalue weighted by molar-refractivity contribution is 9.09. The first kappa shape index (κ1) is 13.0. The molecule has 0 aliphatic carbocycles. The molecule has 0 heterocycles. The van der Waals surface area contributed by atoms with Crippen molar-refractivity contribution in [3.8, 4) is 12.3 Å². The molecule has 3 heteroatoms. The van der Waals surface area contributed by atoms with Gasteiger partial charge in [0.05, 0.1) is 23.3 Å². The minimum absolute atomic E-state index is 0.104. The van der Waals surface area contributed by atoms with E-state index in [2.05, 4.69) is 21.9 Å². The van der Waals surface area contributed by atoms with Gasteiger partial charge in [0.2, 0.25) is 0 Å². The van der Waals surface area contributed by atoms with Gasteiger partial charge in [-0.25, -0.2) is 0 Å². The quantitative estimate of drug-likeness (QED) is 0.248. The van der Waals surface area contributed by atoms with Crippen LogP contribution in [0, 0.1) is 12.3 Å². The van der Waals surface area contributed by atoms with Crippen molar-refractivity contribution in [2.45, 2.75) is 13.8 Å². The number of hydrogen-bond donors (Lipinski definition) is 0. The first-order chi connectivity index (χ1) is 6.65. The van der Waals surface area contributed by atoms with Crippen LogP contribution in [0.15, 0.2) is 23.5 Å². The second kappa shape index (κ2) is 7.40. The Bertz CT molecular complexity index is 295. The SMILES string of the molecule is C#C/C(=C\C=C(/C)OCC)C(=O)CBr. The number of terminal acetylenes is 1. The Kier molecular flexibility index (Phi) is 6.87. The van der Waals surface area contributed by atoms with Crippen molar-refractivity contribution in [2.24, 2.45) is 0 Å². The van der Waals surface area contributed by atoms with Crippen molar-refractivity contribution < 1.29 is 9.53 Å². The second-order valence-electron chi connectivity index (χ2n) is 2.49. The molecule has 0 atom stereocenters. The summed E-state index contributed by atoms with van der Waals surface area (Å²) in [5.74, 6) is 2.97. The summed E-state index contributed by atoms with van der Waals surface area (Å²) in [6.07, 6.45) is 8.46. The third-order valence-electron chi connectivity index (χ3n) is 1.43. The molecule has 2 nitrogen and oxygen atoms in total. The topological polar surface area (TPSA) is 26.3 Å². The average Bonchev–Trinajstić information content (AvgIpc) is 2.18. The molecule has 0 fully saturated rings. The molecule has 76 valence electrons. The monoisotopic (exact) mass is 256 g/mol. The van der Waals surface area contributed by atoms with Crippen molar-refractivity contribution in [3.63, 3.8) is 0 Å². The Morgan fingerprint density at radius 2 is 2.21 bits per heavy atom. The predicted molar refractivity (Wildman–Crippen MR) is 61.1 cm³/mol. The first-order valence-electron chi connectivity index (χ1n) is 4.22. The zero-order valence-corrected chi connectivity index (χ0v) is 9.93. The van der Waals surface area contributed by atoms with Crippen molar-refractivity contribution in [3.05, 3.63) is 23.5 Å². The standard InChI is InChI=1S/C11H13BrO2/c1-4-10(11(13)8-12)7-6-9(3)14-5-2/h1,6-7H,5,8H2,2-3H3/b9-6+,10-7+. The smallest absolute Gasteiger partial charge is 0.181 e. The lowest BCUT2D eigenvalue weighted by Gasteiger charge is -2.00. The van der Waals surface area contributed by atoms with Crippen LogP contribution in [0.25, 0.3) is 0 Å². The van der Waals surface area contributed by atoms with Gasteiger partial charge in [-0.05, 0) is 26.0 Å².